The fourth-order valence-electron chi connectivity index (χ4n) is 2.28. The first kappa shape index (κ1) is 12.5. The van der Waals surface area contributed by atoms with Crippen molar-refractivity contribution in [2.24, 2.45) is 7.05 Å². The van der Waals surface area contributed by atoms with Crippen LogP contribution < -0.4 is 0 Å². The first-order valence-electron chi connectivity index (χ1n) is 6.32. The second kappa shape index (κ2) is 4.89. The number of nitrogens with zero attached hydrogens (tertiary/aromatic N) is 2. The van der Waals surface area contributed by atoms with Crippen LogP contribution in [0.3, 0.4) is 0 Å². The predicted molar refractivity (Wildman–Crippen MR) is 75.3 cm³/mol. The molecule has 1 heterocycles. The molecule has 0 bridgehead atoms. The van der Waals surface area contributed by atoms with Crippen molar-refractivity contribution in [3.63, 3.8) is 0 Å². The van der Waals surface area contributed by atoms with Crippen molar-refractivity contribution in [3.8, 4) is 0 Å². The standard InChI is InChI=1S/C16H13FN2O/c1-19-15-7-4-12(10-20)8-14(15)18-16(19)9-11-2-5-13(17)6-3-11/h2-8,10H,9H2,1H3. The van der Waals surface area contributed by atoms with Crippen LogP contribution in [0, 0.1) is 5.82 Å². The summed E-state index contributed by atoms with van der Waals surface area (Å²) in [6.45, 7) is 0. The topological polar surface area (TPSA) is 34.9 Å². The van der Waals surface area contributed by atoms with Gasteiger partial charge in [-0.3, -0.25) is 4.79 Å². The van der Waals surface area contributed by atoms with Crippen molar-refractivity contribution in [2.75, 3.05) is 0 Å². The average molecular weight is 268 g/mol. The van der Waals surface area contributed by atoms with Crippen LogP contribution in [-0.4, -0.2) is 15.8 Å². The van der Waals surface area contributed by atoms with E-state index in [1.165, 1.54) is 12.1 Å². The molecule has 0 aliphatic rings. The van der Waals surface area contributed by atoms with Crippen LogP contribution in [0.2, 0.25) is 0 Å². The number of hydrogen-bond donors (Lipinski definition) is 0. The SMILES string of the molecule is Cn1c(Cc2ccc(F)cc2)nc2cc(C=O)ccc21. The van der Waals surface area contributed by atoms with E-state index in [0.29, 0.717) is 12.0 Å². The van der Waals surface area contributed by atoms with E-state index < -0.39 is 0 Å². The summed E-state index contributed by atoms with van der Waals surface area (Å²) >= 11 is 0. The lowest BCUT2D eigenvalue weighted by atomic mass is 10.1. The Morgan fingerprint density at radius 2 is 1.95 bits per heavy atom. The molecule has 100 valence electrons. The summed E-state index contributed by atoms with van der Waals surface area (Å²) in [4.78, 5) is 15.3. The van der Waals surface area contributed by atoms with E-state index in [1.807, 2.05) is 17.7 Å². The van der Waals surface area contributed by atoms with Crippen molar-refractivity contribution in [2.45, 2.75) is 6.42 Å². The zero-order valence-electron chi connectivity index (χ0n) is 11.0. The maximum Gasteiger partial charge on any atom is 0.150 e. The van der Waals surface area contributed by atoms with Gasteiger partial charge >= 0.3 is 0 Å². The number of carbonyl (C=O) groups excluding carboxylic acids is 1. The zero-order valence-corrected chi connectivity index (χ0v) is 11.0. The Bertz CT molecular complexity index is 775. The van der Waals surface area contributed by atoms with Crippen molar-refractivity contribution in [1.29, 1.82) is 0 Å². The maximum atomic E-state index is 12.9. The maximum absolute atomic E-state index is 12.9. The number of rotatable bonds is 3. The summed E-state index contributed by atoms with van der Waals surface area (Å²) in [5.74, 6) is 0.643. The number of aldehydes is 1. The molecular formula is C16H13FN2O. The number of benzene rings is 2. The molecule has 20 heavy (non-hydrogen) atoms. The van der Waals surface area contributed by atoms with Gasteiger partial charge in [-0.2, -0.15) is 0 Å². The summed E-state index contributed by atoms with van der Waals surface area (Å²) in [5.41, 5.74) is 3.39. The third kappa shape index (κ3) is 2.20. The number of imidazole rings is 1. The Balaban J connectivity index is 2.01. The zero-order chi connectivity index (χ0) is 14.1. The van der Waals surface area contributed by atoms with Crippen LogP contribution in [0.4, 0.5) is 4.39 Å². The molecule has 3 aromatic rings. The highest BCUT2D eigenvalue weighted by atomic mass is 19.1. The monoisotopic (exact) mass is 268 g/mol. The lowest BCUT2D eigenvalue weighted by Crippen LogP contribution is -1.99. The molecule has 0 fully saturated rings. The molecule has 3 rings (SSSR count). The molecule has 0 unspecified atom stereocenters. The molecule has 0 spiro atoms. The summed E-state index contributed by atoms with van der Waals surface area (Å²) in [7, 11) is 1.94. The molecular weight excluding hydrogens is 255 g/mol. The van der Waals surface area contributed by atoms with Crippen molar-refractivity contribution >= 4 is 17.3 Å². The molecule has 0 aliphatic heterocycles. The smallest absolute Gasteiger partial charge is 0.150 e. The number of hydrogen-bond acceptors (Lipinski definition) is 2. The Morgan fingerprint density at radius 3 is 2.65 bits per heavy atom. The van der Waals surface area contributed by atoms with Gasteiger partial charge in [-0.15, -0.1) is 0 Å². The third-order valence-electron chi connectivity index (χ3n) is 3.41. The van der Waals surface area contributed by atoms with E-state index in [2.05, 4.69) is 4.98 Å². The molecule has 0 saturated carbocycles. The molecule has 0 aliphatic carbocycles. The van der Waals surface area contributed by atoms with Crippen LogP contribution in [0.1, 0.15) is 21.7 Å². The highest BCUT2D eigenvalue weighted by Crippen LogP contribution is 2.18. The number of fused-ring (bicyclic) bond motifs is 1. The molecule has 0 amide bonds. The second-order valence-corrected chi connectivity index (χ2v) is 4.76. The van der Waals surface area contributed by atoms with E-state index >= 15 is 0 Å². The molecule has 0 saturated heterocycles. The Morgan fingerprint density at radius 1 is 1.20 bits per heavy atom. The van der Waals surface area contributed by atoms with Crippen molar-refractivity contribution < 1.29 is 9.18 Å². The normalized spacial score (nSPS) is 10.9. The van der Waals surface area contributed by atoms with Gasteiger partial charge in [0.05, 0.1) is 11.0 Å². The molecule has 2 aromatic carbocycles. The van der Waals surface area contributed by atoms with Gasteiger partial charge in [-0.1, -0.05) is 12.1 Å². The van der Waals surface area contributed by atoms with Gasteiger partial charge < -0.3 is 4.57 Å². The van der Waals surface area contributed by atoms with E-state index in [9.17, 15) is 9.18 Å². The largest absolute Gasteiger partial charge is 0.331 e. The van der Waals surface area contributed by atoms with Gasteiger partial charge in [0.2, 0.25) is 0 Å². The van der Waals surface area contributed by atoms with Crippen LogP contribution in [0.5, 0.6) is 0 Å². The quantitative estimate of drug-likeness (QED) is 0.684. The average Bonchev–Trinajstić information content (AvgIpc) is 2.77. The Labute approximate surface area is 115 Å². The van der Waals surface area contributed by atoms with Gasteiger partial charge in [0.25, 0.3) is 0 Å². The Kier molecular flexibility index (Phi) is 3.06. The van der Waals surface area contributed by atoms with E-state index in [-0.39, 0.29) is 5.82 Å². The van der Waals surface area contributed by atoms with Gasteiger partial charge in [0.15, 0.2) is 0 Å². The van der Waals surface area contributed by atoms with E-state index in [0.717, 1.165) is 28.7 Å². The number of aromatic nitrogens is 2. The number of aryl methyl sites for hydroxylation is 1. The van der Waals surface area contributed by atoms with Gasteiger partial charge in [0.1, 0.15) is 17.9 Å². The lowest BCUT2D eigenvalue weighted by molar-refractivity contribution is 0.112. The van der Waals surface area contributed by atoms with Crippen molar-refractivity contribution in [1.82, 2.24) is 9.55 Å². The summed E-state index contributed by atoms with van der Waals surface area (Å²) < 4.78 is 14.9. The Hall–Kier alpha value is -2.49. The highest BCUT2D eigenvalue weighted by molar-refractivity contribution is 5.85. The predicted octanol–water partition coefficient (Wildman–Crippen LogP) is 3.12. The molecule has 1 aromatic heterocycles. The summed E-state index contributed by atoms with van der Waals surface area (Å²) in [6, 6.07) is 11.8. The van der Waals surface area contributed by atoms with Crippen LogP contribution in [0.25, 0.3) is 11.0 Å². The fourth-order valence-corrected chi connectivity index (χ4v) is 2.28. The third-order valence-corrected chi connectivity index (χ3v) is 3.41. The molecule has 0 radical (unpaired) electrons. The fraction of sp³-hybridized carbons (Fsp3) is 0.125. The highest BCUT2D eigenvalue weighted by Gasteiger charge is 2.09. The van der Waals surface area contributed by atoms with Crippen LogP contribution in [0.15, 0.2) is 42.5 Å². The second-order valence-electron chi connectivity index (χ2n) is 4.76. The van der Waals surface area contributed by atoms with Gasteiger partial charge in [0, 0.05) is 19.0 Å². The van der Waals surface area contributed by atoms with E-state index in [1.54, 1.807) is 24.3 Å². The minimum Gasteiger partial charge on any atom is -0.331 e. The molecule has 0 N–H and O–H groups in total. The number of carbonyl (C=O) groups is 1. The number of halogens is 1. The van der Waals surface area contributed by atoms with Gasteiger partial charge in [-0.05, 0) is 35.9 Å². The van der Waals surface area contributed by atoms with Crippen LogP contribution >= 0.6 is 0 Å². The summed E-state index contributed by atoms with van der Waals surface area (Å²) in [5, 5.41) is 0. The lowest BCUT2D eigenvalue weighted by Gasteiger charge is -2.02. The minimum atomic E-state index is -0.241. The summed E-state index contributed by atoms with van der Waals surface area (Å²) in [6.07, 6.45) is 1.44. The van der Waals surface area contributed by atoms with E-state index in [4.69, 9.17) is 0 Å². The van der Waals surface area contributed by atoms with Crippen LogP contribution in [-0.2, 0) is 13.5 Å². The first-order chi connectivity index (χ1) is 9.67. The van der Waals surface area contributed by atoms with Crippen molar-refractivity contribution in [3.05, 3.63) is 65.2 Å². The molecule has 0 atom stereocenters. The van der Waals surface area contributed by atoms with Gasteiger partial charge in [-0.25, -0.2) is 9.37 Å². The molecule has 4 heteroatoms. The minimum absolute atomic E-state index is 0.241. The molecule has 3 nitrogen and oxygen atoms in total. The first-order valence-corrected chi connectivity index (χ1v) is 6.32.